The molecule has 12 heavy (non-hydrogen) atoms. The fraction of sp³-hybridized carbons (Fsp3) is 0.800. The van der Waals surface area contributed by atoms with Gasteiger partial charge in [0, 0.05) is 5.92 Å². The van der Waals surface area contributed by atoms with E-state index in [0.717, 1.165) is 12.8 Å². The number of hydrogen-bond donors (Lipinski definition) is 2. The number of rotatable bonds is 1. The lowest BCUT2D eigenvalue weighted by molar-refractivity contribution is -0.0378. The van der Waals surface area contributed by atoms with Gasteiger partial charge in [-0.15, -0.1) is 0 Å². The SMILES string of the molecule is CC1=C[C@H](O)[C@H](C(C)(C)O)CC1. The molecule has 1 aliphatic carbocycles. The maximum Gasteiger partial charge on any atom is 0.0778 e. The molecule has 0 aromatic heterocycles. The van der Waals surface area contributed by atoms with E-state index in [1.807, 2.05) is 13.0 Å². The molecule has 0 aromatic rings. The quantitative estimate of drug-likeness (QED) is 0.585. The standard InChI is InChI=1S/C10H18O2/c1-7-4-5-8(9(11)6-7)10(2,3)12/h6,8-9,11-12H,4-5H2,1-3H3/t8-,9+/m1/s1. The van der Waals surface area contributed by atoms with Gasteiger partial charge in [-0.2, -0.15) is 0 Å². The molecule has 2 atom stereocenters. The highest BCUT2D eigenvalue weighted by molar-refractivity contribution is 5.10. The minimum atomic E-state index is -0.767. The second kappa shape index (κ2) is 3.19. The molecule has 0 radical (unpaired) electrons. The summed E-state index contributed by atoms with van der Waals surface area (Å²) < 4.78 is 0. The van der Waals surface area contributed by atoms with Gasteiger partial charge in [0.05, 0.1) is 11.7 Å². The third kappa shape index (κ3) is 2.08. The molecule has 0 amide bonds. The van der Waals surface area contributed by atoms with Gasteiger partial charge in [0.25, 0.3) is 0 Å². The first-order chi connectivity index (χ1) is 5.41. The third-order valence-corrected chi connectivity index (χ3v) is 2.62. The van der Waals surface area contributed by atoms with Gasteiger partial charge in [0.2, 0.25) is 0 Å². The van der Waals surface area contributed by atoms with Crippen molar-refractivity contribution in [2.75, 3.05) is 0 Å². The first-order valence-electron chi connectivity index (χ1n) is 4.49. The second-order valence-electron chi connectivity index (χ2n) is 4.30. The molecule has 2 heteroatoms. The average molecular weight is 170 g/mol. The molecule has 0 saturated carbocycles. The van der Waals surface area contributed by atoms with Crippen LogP contribution in [0.25, 0.3) is 0 Å². The van der Waals surface area contributed by atoms with Crippen LogP contribution in [0.3, 0.4) is 0 Å². The number of aliphatic hydroxyl groups is 2. The van der Waals surface area contributed by atoms with E-state index < -0.39 is 11.7 Å². The molecular formula is C10H18O2. The van der Waals surface area contributed by atoms with Crippen molar-refractivity contribution in [3.63, 3.8) is 0 Å². The van der Waals surface area contributed by atoms with Gasteiger partial charge in [0.1, 0.15) is 0 Å². The molecule has 1 rings (SSSR count). The lowest BCUT2D eigenvalue weighted by Gasteiger charge is -2.35. The number of aliphatic hydroxyl groups excluding tert-OH is 1. The van der Waals surface area contributed by atoms with Crippen molar-refractivity contribution in [2.24, 2.45) is 5.92 Å². The summed E-state index contributed by atoms with van der Waals surface area (Å²) in [4.78, 5) is 0. The minimum Gasteiger partial charge on any atom is -0.390 e. The molecule has 2 N–H and O–H groups in total. The van der Waals surface area contributed by atoms with E-state index in [1.54, 1.807) is 13.8 Å². The zero-order valence-corrected chi connectivity index (χ0v) is 8.04. The Morgan fingerprint density at radius 1 is 1.50 bits per heavy atom. The van der Waals surface area contributed by atoms with E-state index in [9.17, 15) is 10.2 Å². The van der Waals surface area contributed by atoms with Gasteiger partial charge in [-0.3, -0.25) is 0 Å². The van der Waals surface area contributed by atoms with E-state index in [1.165, 1.54) is 5.57 Å². The maximum absolute atomic E-state index is 9.71. The Morgan fingerprint density at radius 2 is 2.08 bits per heavy atom. The van der Waals surface area contributed by atoms with Crippen molar-refractivity contribution in [1.82, 2.24) is 0 Å². The van der Waals surface area contributed by atoms with Gasteiger partial charge in [0.15, 0.2) is 0 Å². The maximum atomic E-state index is 9.71. The van der Waals surface area contributed by atoms with Gasteiger partial charge in [-0.1, -0.05) is 11.6 Å². The van der Waals surface area contributed by atoms with Crippen LogP contribution >= 0.6 is 0 Å². The highest BCUT2D eigenvalue weighted by atomic mass is 16.3. The van der Waals surface area contributed by atoms with Crippen molar-refractivity contribution in [1.29, 1.82) is 0 Å². The highest BCUT2D eigenvalue weighted by Crippen LogP contribution is 2.31. The van der Waals surface area contributed by atoms with Crippen LogP contribution in [-0.2, 0) is 0 Å². The van der Waals surface area contributed by atoms with E-state index in [0.29, 0.717) is 0 Å². The van der Waals surface area contributed by atoms with Crippen LogP contribution < -0.4 is 0 Å². The molecule has 0 spiro atoms. The summed E-state index contributed by atoms with van der Waals surface area (Å²) >= 11 is 0. The first kappa shape index (κ1) is 9.75. The monoisotopic (exact) mass is 170 g/mol. The zero-order valence-electron chi connectivity index (χ0n) is 8.04. The Bertz CT molecular complexity index is 189. The molecule has 0 aliphatic heterocycles. The van der Waals surface area contributed by atoms with Crippen LogP contribution in [0, 0.1) is 5.92 Å². The molecule has 1 aliphatic rings. The molecule has 0 aromatic carbocycles. The van der Waals surface area contributed by atoms with E-state index >= 15 is 0 Å². The third-order valence-electron chi connectivity index (χ3n) is 2.62. The predicted octanol–water partition coefficient (Wildman–Crippen LogP) is 1.47. The molecular weight excluding hydrogens is 152 g/mol. The smallest absolute Gasteiger partial charge is 0.0778 e. The van der Waals surface area contributed by atoms with E-state index in [-0.39, 0.29) is 5.92 Å². The summed E-state index contributed by atoms with van der Waals surface area (Å²) in [5.74, 6) is -0.0128. The van der Waals surface area contributed by atoms with Crippen LogP contribution in [-0.4, -0.2) is 21.9 Å². The molecule has 0 unspecified atom stereocenters. The van der Waals surface area contributed by atoms with Crippen LogP contribution in [0.1, 0.15) is 33.6 Å². The molecule has 0 fully saturated rings. The van der Waals surface area contributed by atoms with Crippen LogP contribution in [0.5, 0.6) is 0 Å². The van der Waals surface area contributed by atoms with Crippen LogP contribution in [0.15, 0.2) is 11.6 Å². The summed E-state index contributed by atoms with van der Waals surface area (Å²) in [6.45, 7) is 5.54. The van der Waals surface area contributed by atoms with Crippen LogP contribution in [0.4, 0.5) is 0 Å². The number of hydrogen-bond acceptors (Lipinski definition) is 2. The molecule has 0 saturated heterocycles. The summed E-state index contributed by atoms with van der Waals surface area (Å²) in [5.41, 5.74) is 0.458. The van der Waals surface area contributed by atoms with Crippen molar-refractivity contribution in [2.45, 2.75) is 45.3 Å². The zero-order chi connectivity index (χ0) is 9.35. The average Bonchev–Trinajstić information content (AvgIpc) is 1.83. The second-order valence-corrected chi connectivity index (χ2v) is 4.30. The van der Waals surface area contributed by atoms with Crippen molar-refractivity contribution in [3.05, 3.63) is 11.6 Å². The summed E-state index contributed by atoms with van der Waals surface area (Å²) in [6, 6.07) is 0. The lowest BCUT2D eigenvalue weighted by atomic mass is 9.78. The van der Waals surface area contributed by atoms with Gasteiger partial charge in [-0.25, -0.2) is 0 Å². The molecule has 70 valence electrons. The van der Waals surface area contributed by atoms with Gasteiger partial charge >= 0.3 is 0 Å². The van der Waals surface area contributed by atoms with Crippen molar-refractivity contribution in [3.8, 4) is 0 Å². The Labute approximate surface area is 73.9 Å². The largest absolute Gasteiger partial charge is 0.390 e. The molecule has 0 heterocycles. The van der Waals surface area contributed by atoms with Gasteiger partial charge in [-0.05, 0) is 33.6 Å². The fourth-order valence-corrected chi connectivity index (χ4v) is 1.82. The van der Waals surface area contributed by atoms with Crippen LogP contribution in [0.2, 0.25) is 0 Å². The topological polar surface area (TPSA) is 40.5 Å². The summed E-state index contributed by atoms with van der Waals surface area (Å²) in [5, 5.41) is 19.3. The predicted molar refractivity (Wildman–Crippen MR) is 48.8 cm³/mol. The summed E-state index contributed by atoms with van der Waals surface area (Å²) in [6.07, 6.45) is 3.25. The lowest BCUT2D eigenvalue weighted by Crippen LogP contribution is -2.40. The number of allylic oxidation sites excluding steroid dienone is 1. The summed E-state index contributed by atoms with van der Waals surface area (Å²) in [7, 11) is 0. The van der Waals surface area contributed by atoms with E-state index in [4.69, 9.17) is 0 Å². The van der Waals surface area contributed by atoms with E-state index in [2.05, 4.69) is 0 Å². The Hall–Kier alpha value is -0.340. The van der Waals surface area contributed by atoms with Gasteiger partial charge < -0.3 is 10.2 Å². The van der Waals surface area contributed by atoms with Crippen molar-refractivity contribution >= 4 is 0 Å². The Kier molecular flexibility index (Phi) is 2.59. The Balaban J connectivity index is 2.72. The molecule has 0 bridgehead atoms. The van der Waals surface area contributed by atoms with Crippen molar-refractivity contribution < 1.29 is 10.2 Å². The Morgan fingerprint density at radius 3 is 2.50 bits per heavy atom. The minimum absolute atomic E-state index is 0.0128. The molecule has 2 nitrogen and oxygen atoms in total. The fourth-order valence-electron chi connectivity index (χ4n) is 1.82. The highest BCUT2D eigenvalue weighted by Gasteiger charge is 2.33. The normalized spacial score (nSPS) is 31.6. The first-order valence-corrected chi connectivity index (χ1v) is 4.49.